The number of carbonyl (C=O) groups is 1. The number of aromatic nitrogens is 2. The smallest absolute Gasteiger partial charge is 0.410 e. The number of fused-ring (bicyclic) bond motifs is 3. The molecule has 0 aliphatic carbocycles. The van der Waals surface area contributed by atoms with Crippen LogP contribution in [0.15, 0.2) is 18.2 Å². The van der Waals surface area contributed by atoms with Crippen LogP contribution in [0.3, 0.4) is 0 Å². The Morgan fingerprint density at radius 1 is 1.36 bits per heavy atom. The van der Waals surface area contributed by atoms with Crippen LogP contribution in [0.1, 0.15) is 45.1 Å². The van der Waals surface area contributed by atoms with Crippen LogP contribution in [0.25, 0.3) is 11.0 Å². The van der Waals surface area contributed by atoms with Gasteiger partial charge in [-0.25, -0.2) is 9.78 Å². The summed E-state index contributed by atoms with van der Waals surface area (Å²) >= 11 is 0. The molecule has 2 aromatic heterocycles. The van der Waals surface area contributed by atoms with Crippen molar-refractivity contribution in [3.8, 4) is 0 Å². The molecule has 0 bridgehead atoms. The SMILES string of the molecule is Cc1ccc2cc3n(c2n1)C(C)CN(C(=O)OC(C)(C)C)C3. The maximum Gasteiger partial charge on any atom is 0.410 e. The number of aryl methyl sites for hydroxylation is 1. The maximum absolute atomic E-state index is 12.3. The first-order valence-corrected chi connectivity index (χ1v) is 7.70. The Bertz CT molecular complexity index is 727. The number of rotatable bonds is 0. The highest BCUT2D eigenvalue weighted by atomic mass is 16.6. The summed E-state index contributed by atoms with van der Waals surface area (Å²) in [6.45, 7) is 11.0. The van der Waals surface area contributed by atoms with Crippen LogP contribution in [-0.4, -0.2) is 32.7 Å². The van der Waals surface area contributed by atoms with Crippen LogP contribution in [0.5, 0.6) is 0 Å². The minimum Gasteiger partial charge on any atom is -0.444 e. The van der Waals surface area contributed by atoms with Gasteiger partial charge in [0.2, 0.25) is 0 Å². The summed E-state index contributed by atoms with van der Waals surface area (Å²) in [4.78, 5) is 18.7. The molecule has 118 valence electrons. The van der Waals surface area contributed by atoms with Crippen LogP contribution in [-0.2, 0) is 11.3 Å². The van der Waals surface area contributed by atoms with Crippen molar-refractivity contribution in [1.82, 2.24) is 14.5 Å². The first kappa shape index (κ1) is 14.9. The minimum absolute atomic E-state index is 0.183. The molecule has 1 aliphatic heterocycles. The standard InChI is InChI=1S/C17H23N3O2/c1-11-6-7-13-8-14-10-19(16(21)22-17(3,4)5)9-12(2)20(14)15(13)18-11/h6-8,12H,9-10H2,1-5H3. The Hall–Kier alpha value is -2.04. The fourth-order valence-corrected chi connectivity index (χ4v) is 2.98. The molecule has 0 saturated heterocycles. The van der Waals surface area contributed by atoms with Gasteiger partial charge in [0.1, 0.15) is 11.2 Å². The fourth-order valence-electron chi connectivity index (χ4n) is 2.98. The van der Waals surface area contributed by atoms with Crippen LogP contribution < -0.4 is 0 Å². The monoisotopic (exact) mass is 301 g/mol. The van der Waals surface area contributed by atoms with Gasteiger partial charge in [0, 0.05) is 23.3 Å². The third-order valence-electron chi connectivity index (χ3n) is 3.83. The highest BCUT2D eigenvalue weighted by Gasteiger charge is 2.30. The molecule has 1 atom stereocenters. The highest BCUT2D eigenvalue weighted by molar-refractivity contribution is 5.78. The first-order chi connectivity index (χ1) is 10.2. The van der Waals surface area contributed by atoms with Gasteiger partial charge in [0.25, 0.3) is 0 Å². The van der Waals surface area contributed by atoms with E-state index in [0.717, 1.165) is 22.4 Å². The van der Waals surface area contributed by atoms with Crippen molar-refractivity contribution in [2.45, 2.75) is 52.8 Å². The normalized spacial score (nSPS) is 18.4. The van der Waals surface area contributed by atoms with E-state index in [0.29, 0.717) is 13.1 Å². The zero-order valence-corrected chi connectivity index (χ0v) is 13.9. The zero-order valence-electron chi connectivity index (χ0n) is 13.9. The molecule has 5 heteroatoms. The number of hydrogen-bond acceptors (Lipinski definition) is 3. The summed E-state index contributed by atoms with van der Waals surface area (Å²) in [7, 11) is 0. The van der Waals surface area contributed by atoms with Gasteiger partial charge in [0.05, 0.1) is 12.6 Å². The van der Waals surface area contributed by atoms with E-state index in [1.54, 1.807) is 4.90 Å². The number of carbonyl (C=O) groups excluding carboxylic acids is 1. The Morgan fingerprint density at radius 3 is 2.77 bits per heavy atom. The molecular weight excluding hydrogens is 278 g/mol. The topological polar surface area (TPSA) is 47.4 Å². The summed E-state index contributed by atoms with van der Waals surface area (Å²) in [5.41, 5.74) is 2.66. The van der Waals surface area contributed by atoms with Gasteiger partial charge in [-0.2, -0.15) is 0 Å². The predicted octanol–water partition coefficient (Wildman–Crippen LogP) is 3.66. The third-order valence-corrected chi connectivity index (χ3v) is 3.83. The van der Waals surface area contributed by atoms with Crippen molar-refractivity contribution in [1.29, 1.82) is 0 Å². The predicted molar refractivity (Wildman–Crippen MR) is 85.8 cm³/mol. The molecule has 22 heavy (non-hydrogen) atoms. The van der Waals surface area contributed by atoms with Gasteiger partial charge in [-0.3, -0.25) is 0 Å². The van der Waals surface area contributed by atoms with Crippen LogP contribution in [0, 0.1) is 6.92 Å². The van der Waals surface area contributed by atoms with E-state index < -0.39 is 5.60 Å². The van der Waals surface area contributed by atoms with E-state index in [2.05, 4.69) is 28.6 Å². The third kappa shape index (κ3) is 2.67. The number of amides is 1. The quantitative estimate of drug-likeness (QED) is 0.746. The molecule has 0 saturated carbocycles. The van der Waals surface area contributed by atoms with Crippen molar-refractivity contribution < 1.29 is 9.53 Å². The lowest BCUT2D eigenvalue weighted by atomic mass is 10.2. The molecule has 1 aliphatic rings. The number of nitrogens with zero attached hydrogens (tertiary/aromatic N) is 3. The molecule has 0 N–H and O–H groups in total. The van der Waals surface area contributed by atoms with E-state index in [1.807, 2.05) is 33.8 Å². The largest absolute Gasteiger partial charge is 0.444 e. The number of ether oxygens (including phenoxy) is 1. The molecular formula is C17H23N3O2. The van der Waals surface area contributed by atoms with Gasteiger partial charge in [-0.05, 0) is 52.8 Å². The highest BCUT2D eigenvalue weighted by Crippen LogP contribution is 2.29. The van der Waals surface area contributed by atoms with E-state index >= 15 is 0 Å². The summed E-state index contributed by atoms with van der Waals surface area (Å²) < 4.78 is 7.74. The molecule has 3 rings (SSSR count). The van der Waals surface area contributed by atoms with Crippen LogP contribution >= 0.6 is 0 Å². The molecule has 0 spiro atoms. The lowest BCUT2D eigenvalue weighted by molar-refractivity contribution is 0.0175. The summed E-state index contributed by atoms with van der Waals surface area (Å²) in [6.07, 6.45) is -0.250. The fraction of sp³-hybridized carbons (Fsp3) is 0.529. The van der Waals surface area contributed by atoms with E-state index in [-0.39, 0.29) is 12.1 Å². The molecule has 1 amide bonds. The van der Waals surface area contributed by atoms with Crippen LogP contribution in [0.4, 0.5) is 4.79 Å². The Kier molecular flexibility index (Phi) is 3.38. The van der Waals surface area contributed by atoms with E-state index in [4.69, 9.17) is 4.74 Å². The van der Waals surface area contributed by atoms with Crippen molar-refractivity contribution in [2.75, 3.05) is 6.54 Å². The Balaban J connectivity index is 1.93. The average Bonchev–Trinajstić information content (AvgIpc) is 2.74. The van der Waals surface area contributed by atoms with Crippen molar-refractivity contribution >= 4 is 17.1 Å². The Labute approximate surface area is 130 Å². The summed E-state index contributed by atoms with van der Waals surface area (Å²) in [5, 5.41) is 1.12. The first-order valence-electron chi connectivity index (χ1n) is 7.70. The van der Waals surface area contributed by atoms with E-state index in [9.17, 15) is 4.79 Å². The van der Waals surface area contributed by atoms with Crippen molar-refractivity contribution in [3.63, 3.8) is 0 Å². The van der Waals surface area contributed by atoms with Crippen molar-refractivity contribution in [2.24, 2.45) is 0 Å². The second-order valence-corrected chi connectivity index (χ2v) is 7.08. The second-order valence-electron chi connectivity index (χ2n) is 7.08. The van der Waals surface area contributed by atoms with Gasteiger partial charge in [-0.15, -0.1) is 0 Å². The van der Waals surface area contributed by atoms with Crippen molar-refractivity contribution in [3.05, 3.63) is 29.6 Å². The minimum atomic E-state index is -0.469. The zero-order chi connectivity index (χ0) is 16.1. The van der Waals surface area contributed by atoms with Gasteiger partial charge >= 0.3 is 6.09 Å². The molecule has 0 radical (unpaired) electrons. The number of hydrogen-bond donors (Lipinski definition) is 0. The number of pyridine rings is 1. The summed E-state index contributed by atoms with van der Waals surface area (Å²) in [6, 6.07) is 6.41. The molecule has 5 nitrogen and oxygen atoms in total. The average molecular weight is 301 g/mol. The summed E-state index contributed by atoms with van der Waals surface area (Å²) in [5.74, 6) is 0. The molecule has 0 aromatic carbocycles. The van der Waals surface area contributed by atoms with Gasteiger partial charge in [0.15, 0.2) is 0 Å². The lowest BCUT2D eigenvalue weighted by Gasteiger charge is -2.34. The van der Waals surface area contributed by atoms with Crippen LogP contribution in [0.2, 0.25) is 0 Å². The Morgan fingerprint density at radius 2 is 2.09 bits per heavy atom. The molecule has 0 fully saturated rings. The lowest BCUT2D eigenvalue weighted by Crippen LogP contribution is -2.42. The molecule has 3 heterocycles. The molecule has 1 unspecified atom stereocenters. The maximum atomic E-state index is 12.3. The van der Waals surface area contributed by atoms with Gasteiger partial charge in [-0.1, -0.05) is 0 Å². The van der Waals surface area contributed by atoms with Gasteiger partial charge < -0.3 is 14.2 Å². The molecule has 2 aromatic rings. The van der Waals surface area contributed by atoms with E-state index in [1.165, 1.54) is 0 Å². The second kappa shape index (κ2) is 5.00.